The lowest BCUT2D eigenvalue weighted by atomic mass is 9.93. The number of halogens is 3. The second-order valence-corrected chi connectivity index (χ2v) is 7.08. The van der Waals surface area contributed by atoms with Crippen LogP contribution in [0.25, 0.3) is 5.57 Å². The van der Waals surface area contributed by atoms with Crippen molar-refractivity contribution in [2.75, 3.05) is 18.1 Å². The van der Waals surface area contributed by atoms with E-state index < -0.39 is 29.0 Å². The van der Waals surface area contributed by atoms with Gasteiger partial charge in [0.2, 0.25) is 0 Å². The molecule has 3 N–H and O–H groups in total. The van der Waals surface area contributed by atoms with E-state index in [0.29, 0.717) is 43.0 Å². The minimum Gasteiger partial charge on any atom is -0.382 e. The minimum atomic E-state index is -4.63. The number of rotatable bonds is 3. The number of carbonyl (C=O) groups excluding carboxylic acids is 1. The van der Waals surface area contributed by atoms with Crippen LogP contribution in [0.1, 0.15) is 30.5 Å². The molecule has 0 aromatic carbocycles. The van der Waals surface area contributed by atoms with E-state index >= 15 is 0 Å². The molecule has 2 aromatic rings. The fourth-order valence-corrected chi connectivity index (χ4v) is 3.23. The fourth-order valence-electron chi connectivity index (χ4n) is 3.23. The molecular weight excluding hydrogens is 401 g/mol. The number of nitrogens with one attached hydrogen (secondary N) is 1. The summed E-state index contributed by atoms with van der Waals surface area (Å²) in [6, 6.07) is -0.183. The molecule has 0 spiro atoms. The molecule has 1 aliphatic carbocycles. The Labute approximate surface area is 170 Å². The lowest BCUT2D eigenvalue weighted by Gasteiger charge is -2.30. The number of nitrogens with two attached hydrogens (primary N) is 1. The van der Waals surface area contributed by atoms with E-state index in [-0.39, 0.29) is 6.04 Å². The normalized spacial score (nSPS) is 16.7. The number of hydrogen-bond acceptors (Lipinski definition) is 5. The summed E-state index contributed by atoms with van der Waals surface area (Å²) < 4.78 is 39.8. The molecule has 3 rings (SSSR count). The number of carbonyl (C=O) groups is 1. The number of allylic oxidation sites excluding steroid dienone is 1. The van der Waals surface area contributed by atoms with Crippen LogP contribution >= 0.6 is 0 Å². The predicted molar refractivity (Wildman–Crippen MR) is 106 cm³/mol. The number of alkyl halides is 3. The Morgan fingerprint density at radius 2 is 2.07 bits per heavy atom. The number of amides is 2. The van der Waals surface area contributed by atoms with Crippen LogP contribution in [0, 0.1) is 0 Å². The average Bonchev–Trinajstić information content (AvgIpc) is 2.70. The topological polar surface area (TPSA) is 106 Å². The number of nitrogens with zero attached hydrogens (tertiary/aromatic N) is 4. The summed E-state index contributed by atoms with van der Waals surface area (Å²) in [5.41, 5.74) is 5.07. The standard InChI is InChI=1S/C19H21F3N6O2/c1-27-10-12(19(20,21)22)7-14(17(27)29)26-18(30)28(2)13-5-3-11(4-6-13)15-8-25-16(23)9-24-15/h3,7-10,13H,4-6H2,1-2H3,(H2,23,25)(H,26,30)/t13-/m0/s1. The van der Waals surface area contributed by atoms with Crippen molar-refractivity contribution in [2.24, 2.45) is 7.05 Å². The molecule has 8 nitrogen and oxygen atoms in total. The Morgan fingerprint density at radius 3 is 2.63 bits per heavy atom. The van der Waals surface area contributed by atoms with Crippen molar-refractivity contribution < 1.29 is 18.0 Å². The zero-order valence-electron chi connectivity index (χ0n) is 16.4. The highest BCUT2D eigenvalue weighted by atomic mass is 19.4. The molecule has 11 heteroatoms. The van der Waals surface area contributed by atoms with Gasteiger partial charge in [0.1, 0.15) is 11.5 Å². The number of aryl methyl sites for hydroxylation is 1. The molecule has 160 valence electrons. The molecule has 0 saturated heterocycles. The molecule has 0 radical (unpaired) electrons. The van der Waals surface area contributed by atoms with Crippen molar-refractivity contribution in [3.63, 3.8) is 0 Å². The first-order chi connectivity index (χ1) is 14.1. The maximum absolute atomic E-state index is 13.0. The highest BCUT2D eigenvalue weighted by Crippen LogP contribution is 2.30. The second kappa shape index (κ2) is 8.17. The van der Waals surface area contributed by atoms with Crippen LogP contribution in [0.2, 0.25) is 0 Å². The molecule has 30 heavy (non-hydrogen) atoms. The molecule has 1 aliphatic rings. The molecule has 2 aromatic heterocycles. The highest BCUT2D eigenvalue weighted by Gasteiger charge is 2.32. The lowest BCUT2D eigenvalue weighted by Crippen LogP contribution is -2.41. The van der Waals surface area contributed by atoms with Gasteiger partial charge < -0.3 is 20.5 Å². The van der Waals surface area contributed by atoms with Crippen LogP contribution in [0.5, 0.6) is 0 Å². The third-order valence-electron chi connectivity index (χ3n) is 5.00. The zero-order chi connectivity index (χ0) is 22.1. The average molecular weight is 422 g/mol. The van der Waals surface area contributed by atoms with Gasteiger partial charge in [0.25, 0.3) is 5.56 Å². The highest BCUT2D eigenvalue weighted by molar-refractivity contribution is 5.89. The van der Waals surface area contributed by atoms with Crippen molar-refractivity contribution in [1.29, 1.82) is 0 Å². The predicted octanol–water partition coefficient (Wildman–Crippen LogP) is 2.88. The number of urea groups is 1. The summed E-state index contributed by atoms with van der Waals surface area (Å²) in [7, 11) is 2.74. The molecule has 0 bridgehead atoms. The van der Waals surface area contributed by atoms with E-state index in [0.717, 1.165) is 10.1 Å². The molecule has 0 unspecified atom stereocenters. The van der Waals surface area contributed by atoms with Crippen LogP contribution < -0.4 is 16.6 Å². The molecule has 2 amide bonds. The first kappa shape index (κ1) is 21.3. The monoisotopic (exact) mass is 422 g/mol. The Morgan fingerprint density at radius 1 is 1.33 bits per heavy atom. The summed E-state index contributed by atoms with van der Waals surface area (Å²) in [5, 5.41) is 2.31. The van der Waals surface area contributed by atoms with Crippen LogP contribution in [0.4, 0.5) is 29.5 Å². The van der Waals surface area contributed by atoms with Gasteiger partial charge in [0.15, 0.2) is 0 Å². The van der Waals surface area contributed by atoms with Crippen molar-refractivity contribution in [3.8, 4) is 0 Å². The number of nitrogen functional groups attached to an aromatic ring is 1. The molecule has 1 atom stereocenters. The van der Waals surface area contributed by atoms with Crippen molar-refractivity contribution >= 4 is 23.1 Å². The summed E-state index contributed by atoms with van der Waals surface area (Å²) in [6.45, 7) is 0. The number of anilines is 2. The third kappa shape index (κ3) is 4.61. The van der Waals surface area contributed by atoms with Crippen LogP contribution in [0.3, 0.4) is 0 Å². The molecule has 0 fully saturated rings. The van der Waals surface area contributed by atoms with E-state index in [4.69, 9.17) is 5.73 Å². The second-order valence-electron chi connectivity index (χ2n) is 7.08. The van der Waals surface area contributed by atoms with Crippen LogP contribution in [-0.2, 0) is 13.2 Å². The fraction of sp³-hybridized carbons (Fsp3) is 0.368. The number of aromatic nitrogens is 3. The van der Waals surface area contributed by atoms with Gasteiger partial charge in [-0.3, -0.25) is 9.78 Å². The van der Waals surface area contributed by atoms with Crippen molar-refractivity contribution in [1.82, 2.24) is 19.4 Å². The van der Waals surface area contributed by atoms with Gasteiger partial charge in [-0.1, -0.05) is 6.08 Å². The smallest absolute Gasteiger partial charge is 0.382 e. The van der Waals surface area contributed by atoms with Gasteiger partial charge in [-0.2, -0.15) is 13.2 Å². The maximum Gasteiger partial charge on any atom is 0.417 e. The van der Waals surface area contributed by atoms with E-state index in [1.54, 1.807) is 13.2 Å². The third-order valence-corrected chi connectivity index (χ3v) is 5.00. The van der Waals surface area contributed by atoms with Gasteiger partial charge >= 0.3 is 12.2 Å². The number of pyridine rings is 1. The van der Waals surface area contributed by atoms with E-state index in [1.807, 2.05) is 6.08 Å². The maximum atomic E-state index is 13.0. The Kier molecular flexibility index (Phi) is 5.81. The molecule has 0 aliphatic heterocycles. The summed E-state index contributed by atoms with van der Waals surface area (Å²) >= 11 is 0. The van der Waals surface area contributed by atoms with E-state index in [1.165, 1.54) is 18.1 Å². The Balaban J connectivity index is 1.71. The van der Waals surface area contributed by atoms with Gasteiger partial charge in [-0.05, 0) is 30.9 Å². The SMILES string of the molecule is CN(C(=O)Nc1cc(C(F)(F)F)cn(C)c1=O)[C@H]1CC=C(c2cnc(N)cn2)CC1. The van der Waals surface area contributed by atoms with Crippen molar-refractivity contribution in [3.05, 3.63) is 52.3 Å². The first-order valence-corrected chi connectivity index (χ1v) is 9.15. The largest absolute Gasteiger partial charge is 0.417 e. The van der Waals surface area contributed by atoms with Crippen molar-refractivity contribution in [2.45, 2.75) is 31.5 Å². The quantitative estimate of drug-likeness (QED) is 0.791. The first-order valence-electron chi connectivity index (χ1n) is 9.15. The summed E-state index contributed by atoms with van der Waals surface area (Å²) in [6.07, 6.45) is 2.86. The van der Waals surface area contributed by atoms with E-state index in [9.17, 15) is 22.8 Å². The molecular formula is C19H21F3N6O2. The zero-order valence-corrected chi connectivity index (χ0v) is 16.4. The summed E-state index contributed by atoms with van der Waals surface area (Å²) in [4.78, 5) is 34.3. The lowest BCUT2D eigenvalue weighted by molar-refractivity contribution is -0.138. The van der Waals surface area contributed by atoms with Gasteiger partial charge in [-0.25, -0.2) is 9.78 Å². The van der Waals surface area contributed by atoms with Gasteiger partial charge in [0.05, 0.1) is 23.7 Å². The Bertz CT molecular complexity index is 1030. The van der Waals surface area contributed by atoms with Crippen LogP contribution in [-0.4, -0.2) is 38.6 Å². The minimum absolute atomic E-state index is 0.176. The van der Waals surface area contributed by atoms with Gasteiger partial charge in [-0.15, -0.1) is 0 Å². The van der Waals surface area contributed by atoms with Crippen LogP contribution in [0.15, 0.2) is 35.5 Å². The Hall–Kier alpha value is -3.37. The summed E-state index contributed by atoms with van der Waals surface area (Å²) in [5.74, 6) is 0.324. The number of hydrogen-bond donors (Lipinski definition) is 2. The molecule has 0 saturated carbocycles. The van der Waals surface area contributed by atoms with E-state index in [2.05, 4.69) is 15.3 Å². The van der Waals surface area contributed by atoms with Gasteiger partial charge in [0, 0.05) is 26.3 Å². The molecule has 2 heterocycles.